The summed E-state index contributed by atoms with van der Waals surface area (Å²) >= 11 is 0. The molecule has 12 nitrogen and oxygen atoms in total. The number of esters is 2. The smallest absolute Gasteiger partial charge is 0.339 e. The standard InChI is InChI=1S/C41H35N3O9/c1-2-42-39(49)43(21-29(45)23-52-37(47)35-31-15-7-3-11-25(31)19-26-12-4-8-16-32(26)35)41(51)44(40(42)50)22-30(46)24-53-38(48)36-33-17-9-5-13-27(33)20-28-14-6-10-18-34(28)36/h3-20,29-30,45-46H,2,21-24H2,1H3. The van der Waals surface area contributed by atoms with E-state index in [-0.39, 0.29) is 6.54 Å². The first-order valence-electron chi connectivity index (χ1n) is 17.1. The van der Waals surface area contributed by atoms with Crippen LogP contribution >= 0.6 is 0 Å². The second kappa shape index (κ2) is 14.7. The molecule has 1 aromatic heterocycles. The second-order valence-electron chi connectivity index (χ2n) is 12.7. The van der Waals surface area contributed by atoms with Gasteiger partial charge in [-0.05, 0) is 62.1 Å². The lowest BCUT2D eigenvalue weighted by atomic mass is 9.97. The molecule has 0 aliphatic rings. The number of carbonyl (C=O) groups is 2. The third-order valence-corrected chi connectivity index (χ3v) is 9.25. The molecule has 7 aromatic rings. The molecule has 0 aliphatic heterocycles. The predicted molar refractivity (Wildman–Crippen MR) is 200 cm³/mol. The average molecular weight is 714 g/mol. The highest BCUT2D eigenvalue weighted by Gasteiger charge is 2.23. The van der Waals surface area contributed by atoms with Gasteiger partial charge in [-0.15, -0.1) is 0 Å². The van der Waals surface area contributed by atoms with Gasteiger partial charge in [-0.3, -0.25) is 0 Å². The van der Waals surface area contributed by atoms with E-state index in [2.05, 4.69) is 0 Å². The summed E-state index contributed by atoms with van der Waals surface area (Å²) in [5, 5.41) is 27.8. The molecule has 0 bridgehead atoms. The van der Waals surface area contributed by atoms with E-state index < -0.39 is 67.5 Å². The summed E-state index contributed by atoms with van der Waals surface area (Å²) in [6.45, 7) is -0.927. The minimum absolute atomic E-state index is 0.115. The van der Waals surface area contributed by atoms with Crippen LogP contribution in [0.1, 0.15) is 27.6 Å². The number of nitrogens with zero attached hydrogens (tertiary/aromatic N) is 3. The van der Waals surface area contributed by atoms with Gasteiger partial charge in [0, 0.05) is 6.54 Å². The van der Waals surface area contributed by atoms with Crippen molar-refractivity contribution in [3.63, 3.8) is 0 Å². The van der Waals surface area contributed by atoms with Crippen molar-refractivity contribution >= 4 is 55.0 Å². The van der Waals surface area contributed by atoms with Crippen molar-refractivity contribution in [2.24, 2.45) is 0 Å². The lowest BCUT2D eigenvalue weighted by Gasteiger charge is -2.18. The minimum atomic E-state index is -1.51. The number of aliphatic hydroxyl groups is 2. The Morgan fingerprint density at radius 3 is 1.15 bits per heavy atom. The number of fused-ring (bicyclic) bond motifs is 4. The van der Waals surface area contributed by atoms with Gasteiger partial charge in [0.15, 0.2) is 0 Å². The van der Waals surface area contributed by atoms with Crippen LogP contribution in [0, 0.1) is 0 Å². The molecule has 0 saturated carbocycles. The van der Waals surface area contributed by atoms with E-state index >= 15 is 0 Å². The third kappa shape index (κ3) is 6.73. The number of hydrogen-bond donors (Lipinski definition) is 2. The lowest BCUT2D eigenvalue weighted by Crippen LogP contribution is -2.56. The Bertz CT molecular complexity index is 2440. The maximum atomic E-state index is 13.5. The molecule has 0 radical (unpaired) electrons. The first-order valence-corrected chi connectivity index (χ1v) is 17.1. The maximum Gasteiger partial charge on any atom is 0.339 e. The first-order chi connectivity index (χ1) is 25.7. The molecule has 12 heteroatoms. The molecule has 2 atom stereocenters. The summed E-state index contributed by atoms with van der Waals surface area (Å²) in [5.74, 6) is -1.40. The minimum Gasteiger partial charge on any atom is -0.459 e. The first kappa shape index (κ1) is 35.1. The molecule has 0 spiro atoms. The molecule has 268 valence electrons. The van der Waals surface area contributed by atoms with Crippen LogP contribution in [-0.4, -0.2) is 61.3 Å². The summed E-state index contributed by atoms with van der Waals surface area (Å²) in [6, 6.07) is 33.3. The molecule has 0 amide bonds. The van der Waals surface area contributed by atoms with Crippen molar-refractivity contribution in [1.29, 1.82) is 0 Å². The van der Waals surface area contributed by atoms with Gasteiger partial charge in [0.05, 0.1) is 24.2 Å². The maximum absolute atomic E-state index is 13.5. The number of rotatable bonds is 11. The quantitative estimate of drug-likeness (QED) is 0.148. The summed E-state index contributed by atoms with van der Waals surface area (Å²) in [6.07, 6.45) is -3.02. The Hall–Kier alpha value is -6.37. The number of aromatic nitrogens is 3. The van der Waals surface area contributed by atoms with Crippen molar-refractivity contribution in [1.82, 2.24) is 13.7 Å². The van der Waals surface area contributed by atoms with Crippen molar-refractivity contribution < 1.29 is 29.3 Å². The summed E-state index contributed by atoms with van der Waals surface area (Å²) in [7, 11) is 0. The van der Waals surface area contributed by atoms with Crippen LogP contribution in [0.25, 0.3) is 43.1 Å². The van der Waals surface area contributed by atoms with E-state index in [9.17, 15) is 34.2 Å². The largest absolute Gasteiger partial charge is 0.459 e. The fraction of sp³-hybridized carbons (Fsp3) is 0.195. The lowest BCUT2D eigenvalue weighted by molar-refractivity contribution is 0.0192. The molecule has 0 aliphatic carbocycles. The summed E-state index contributed by atoms with van der Waals surface area (Å²) in [4.78, 5) is 66.8. The van der Waals surface area contributed by atoms with Crippen molar-refractivity contribution in [3.05, 3.63) is 152 Å². The Morgan fingerprint density at radius 1 is 0.528 bits per heavy atom. The molecule has 7 rings (SSSR count). The normalized spacial score (nSPS) is 12.7. The molecule has 0 fully saturated rings. The zero-order valence-electron chi connectivity index (χ0n) is 28.7. The van der Waals surface area contributed by atoms with Crippen LogP contribution in [0.3, 0.4) is 0 Å². The van der Waals surface area contributed by atoms with Gasteiger partial charge < -0.3 is 19.7 Å². The number of aliphatic hydroxyl groups excluding tert-OH is 2. The number of carbonyl (C=O) groups excluding carboxylic acids is 2. The topological polar surface area (TPSA) is 159 Å². The molecule has 53 heavy (non-hydrogen) atoms. The van der Waals surface area contributed by atoms with Gasteiger partial charge in [0.1, 0.15) is 25.4 Å². The van der Waals surface area contributed by atoms with Crippen molar-refractivity contribution in [2.45, 2.75) is 38.8 Å². The van der Waals surface area contributed by atoms with E-state index in [4.69, 9.17) is 9.47 Å². The third-order valence-electron chi connectivity index (χ3n) is 9.25. The Morgan fingerprint density at radius 2 is 0.830 bits per heavy atom. The second-order valence-corrected chi connectivity index (χ2v) is 12.7. The van der Waals surface area contributed by atoms with E-state index in [1.54, 1.807) is 48.5 Å². The van der Waals surface area contributed by atoms with Crippen LogP contribution in [0.2, 0.25) is 0 Å². The Kier molecular flexibility index (Phi) is 9.72. The SMILES string of the molecule is CCn1c(=O)n(CC(O)COC(=O)c2c3ccccc3cc3ccccc23)c(=O)n(CC(O)COC(=O)c2c3ccccc3cc3ccccc23)c1=O. The monoisotopic (exact) mass is 713 g/mol. The van der Waals surface area contributed by atoms with E-state index in [1.807, 2.05) is 60.7 Å². The molecule has 0 saturated heterocycles. The number of benzene rings is 6. The van der Waals surface area contributed by atoms with Gasteiger partial charge in [0.2, 0.25) is 0 Å². The fourth-order valence-corrected chi connectivity index (χ4v) is 6.75. The van der Waals surface area contributed by atoms with Crippen molar-refractivity contribution in [2.75, 3.05) is 13.2 Å². The molecular formula is C41H35N3O9. The molecule has 1 heterocycles. The fourth-order valence-electron chi connectivity index (χ4n) is 6.75. The Balaban J connectivity index is 1.08. The van der Waals surface area contributed by atoms with Gasteiger partial charge in [-0.1, -0.05) is 97.1 Å². The van der Waals surface area contributed by atoms with E-state index in [1.165, 1.54) is 6.92 Å². The molecule has 2 unspecified atom stereocenters. The number of ether oxygens (including phenoxy) is 2. The van der Waals surface area contributed by atoms with Gasteiger partial charge in [-0.2, -0.15) is 0 Å². The average Bonchev–Trinajstić information content (AvgIpc) is 3.17. The van der Waals surface area contributed by atoms with Gasteiger partial charge in [0.25, 0.3) is 0 Å². The van der Waals surface area contributed by atoms with Gasteiger partial charge in [-0.25, -0.2) is 37.7 Å². The summed E-state index contributed by atoms with van der Waals surface area (Å²) < 4.78 is 13.1. The zero-order chi connectivity index (χ0) is 37.2. The molecular weight excluding hydrogens is 678 g/mol. The van der Waals surface area contributed by atoms with E-state index in [0.717, 1.165) is 26.1 Å². The van der Waals surface area contributed by atoms with Crippen LogP contribution in [-0.2, 0) is 29.1 Å². The van der Waals surface area contributed by atoms with E-state index in [0.29, 0.717) is 41.8 Å². The zero-order valence-corrected chi connectivity index (χ0v) is 28.7. The van der Waals surface area contributed by atoms with Crippen LogP contribution in [0.5, 0.6) is 0 Å². The summed E-state index contributed by atoms with van der Waals surface area (Å²) in [5.41, 5.74) is -2.43. The van der Waals surface area contributed by atoms with Gasteiger partial charge >= 0.3 is 29.0 Å². The molecule has 2 N–H and O–H groups in total. The van der Waals surface area contributed by atoms with Crippen LogP contribution < -0.4 is 17.1 Å². The number of hydrogen-bond acceptors (Lipinski definition) is 9. The predicted octanol–water partition coefficient (Wildman–Crippen LogP) is 4.24. The highest BCUT2D eigenvalue weighted by Crippen LogP contribution is 2.30. The highest BCUT2D eigenvalue weighted by atomic mass is 16.5. The van der Waals surface area contributed by atoms with Crippen molar-refractivity contribution in [3.8, 4) is 0 Å². The highest BCUT2D eigenvalue weighted by molar-refractivity contribution is 6.17. The van der Waals surface area contributed by atoms with Crippen LogP contribution in [0.15, 0.2) is 124 Å². The molecule has 6 aromatic carbocycles. The van der Waals surface area contributed by atoms with Crippen LogP contribution in [0.4, 0.5) is 0 Å². The Labute approximate surface area is 301 Å².